The van der Waals surface area contributed by atoms with Gasteiger partial charge in [-0.3, -0.25) is 38.4 Å². The number of amides is 8. The molecule has 0 fully saturated rings. The molecule has 0 spiro atoms. The van der Waals surface area contributed by atoms with Crippen molar-refractivity contribution in [3.05, 3.63) is 190 Å². The van der Waals surface area contributed by atoms with Crippen molar-refractivity contribution in [2.45, 2.75) is 76.0 Å². The number of para-hydroxylation sites is 5. The molecular formula is C78H88BrFN16O18. The number of halogens is 2. The number of anilines is 8. The first-order valence-electron chi connectivity index (χ1n) is 35.3. The molecular weight excluding hydrogens is 1550 g/mol. The van der Waals surface area contributed by atoms with Gasteiger partial charge in [-0.05, 0) is 147 Å². The molecule has 0 radical (unpaired) electrons. The van der Waals surface area contributed by atoms with E-state index >= 15 is 0 Å². The Morgan fingerprint density at radius 3 is 1.21 bits per heavy atom. The number of carbonyl (C=O) groups excluding carboxylic acids is 9. The standard InChI is InChI=1S/C11H12N2O4.4C10H12N2O2.C9H9BrN2O2.C9H9FN2O2.C9H10N2O2/c1-16-11(15)6-2-3-9-8(4-6)13-10(14)7(12)5-17-9;1-6-2-3-9-8(4-6)12-10(13)7(11)5-14-9;1-6-2-3-8-9(4-6)14-5-7(11)10(13)12-8;1-6-3-2-4-8-9(6)12-10(13)7(11)5-14-8;1-6-3-2-4-8-9(6)14-5-7(11)10(13)12-8;10-5-1-2-8-7(3-5)12-9(13)6(11)4-14-8;10-5-2-1-3-7-8(5)12-9(13)6(11)4-14-7;10-6-5-13-8-4-2-1-3-7(8)11-9(6)12/h2-4,7H,5,12H2,1H3,(H,13,14);4*2-4,7H,5,11H2,1H3,(H,12,13);2*1-3,6H,4,11H2,(H,12,13);1-4,6H,5,10H2,(H,11,12)/t5*7-;3*6-/m00000000/s1. The van der Waals surface area contributed by atoms with E-state index in [1.54, 1.807) is 48.5 Å². The average Bonchev–Trinajstić information content (AvgIpc) is 1.50. The predicted molar refractivity (Wildman–Crippen MR) is 426 cm³/mol. The number of carbonyl (C=O) groups is 9. The van der Waals surface area contributed by atoms with E-state index in [1.165, 1.54) is 25.3 Å². The van der Waals surface area contributed by atoms with Crippen LogP contribution in [0.1, 0.15) is 32.6 Å². The van der Waals surface area contributed by atoms with Crippen molar-refractivity contribution in [1.82, 2.24) is 0 Å². The summed E-state index contributed by atoms with van der Waals surface area (Å²) in [6.45, 7) is 9.27. The molecule has 8 aromatic carbocycles. The van der Waals surface area contributed by atoms with Gasteiger partial charge in [0.15, 0.2) is 5.82 Å². The van der Waals surface area contributed by atoms with Gasteiger partial charge in [-0.15, -0.1) is 0 Å². The van der Waals surface area contributed by atoms with E-state index in [0.717, 1.165) is 32.4 Å². The summed E-state index contributed by atoms with van der Waals surface area (Å²) in [4.78, 5) is 102. The molecule has 8 amide bonds. The van der Waals surface area contributed by atoms with Gasteiger partial charge in [0.1, 0.15) is 153 Å². The van der Waals surface area contributed by atoms with Gasteiger partial charge in [0.05, 0.1) is 52.5 Å². The largest absolute Gasteiger partial charge is 0.489 e. The Bertz CT molecular complexity index is 4710. The maximum Gasteiger partial charge on any atom is 0.337 e. The van der Waals surface area contributed by atoms with Crippen LogP contribution in [0.5, 0.6) is 46.0 Å². The summed E-state index contributed by atoms with van der Waals surface area (Å²) in [5, 5.41) is 21.3. The normalized spacial score (nSPS) is 20.2. The minimum atomic E-state index is -0.762. The molecule has 0 aliphatic carbocycles. The molecule has 8 aliphatic heterocycles. The van der Waals surface area contributed by atoms with Crippen LogP contribution in [-0.2, 0) is 43.1 Å². The van der Waals surface area contributed by atoms with Gasteiger partial charge in [0.25, 0.3) is 0 Å². The number of fused-ring (bicyclic) bond motifs is 8. The number of nitrogens with one attached hydrogen (secondary N) is 8. The molecule has 0 bridgehead atoms. The van der Waals surface area contributed by atoms with E-state index in [1.807, 2.05) is 113 Å². The van der Waals surface area contributed by atoms with E-state index in [4.69, 9.17) is 83.8 Å². The molecule has 24 N–H and O–H groups in total. The zero-order valence-corrected chi connectivity index (χ0v) is 64.0. The summed E-state index contributed by atoms with van der Waals surface area (Å²) in [6.07, 6.45) is 0. The molecule has 0 aromatic heterocycles. The predicted octanol–water partition coefficient (Wildman–Crippen LogP) is 4.68. The second-order valence-corrected chi connectivity index (χ2v) is 27.0. The van der Waals surface area contributed by atoms with Gasteiger partial charge in [-0.2, -0.15) is 0 Å². The minimum Gasteiger partial charge on any atom is -0.489 e. The van der Waals surface area contributed by atoms with Crippen molar-refractivity contribution in [2.24, 2.45) is 45.9 Å². The molecule has 8 aliphatic rings. The number of methoxy groups -OCH3 is 1. The molecule has 602 valence electrons. The number of esters is 1. The fourth-order valence-electron chi connectivity index (χ4n) is 10.6. The second-order valence-electron chi connectivity index (χ2n) is 26.1. The highest BCUT2D eigenvalue weighted by Crippen LogP contribution is 2.36. The van der Waals surface area contributed by atoms with Crippen LogP contribution in [0, 0.1) is 33.5 Å². The maximum atomic E-state index is 13.2. The molecule has 8 atom stereocenters. The topological polar surface area (TPSA) is 541 Å². The Kier molecular flexibility index (Phi) is 30.1. The summed E-state index contributed by atoms with van der Waals surface area (Å²) in [5.41, 5.74) is 53.4. The first kappa shape index (κ1) is 85.5. The van der Waals surface area contributed by atoms with Crippen molar-refractivity contribution >= 4 is 115 Å². The molecule has 0 saturated carbocycles. The van der Waals surface area contributed by atoms with Gasteiger partial charge < -0.3 is 131 Å². The van der Waals surface area contributed by atoms with Crippen molar-refractivity contribution in [3.63, 3.8) is 0 Å². The van der Waals surface area contributed by atoms with Crippen molar-refractivity contribution in [1.29, 1.82) is 0 Å². The van der Waals surface area contributed by atoms with E-state index in [9.17, 15) is 47.5 Å². The Hall–Kier alpha value is -12.5. The zero-order chi connectivity index (χ0) is 82.4. The van der Waals surface area contributed by atoms with Crippen molar-refractivity contribution < 1.29 is 90.2 Å². The first-order valence-corrected chi connectivity index (χ1v) is 36.1. The summed E-state index contributed by atoms with van der Waals surface area (Å²) in [6, 6.07) is 39.1. The Morgan fingerprint density at radius 2 is 0.684 bits per heavy atom. The maximum absolute atomic E-state index is 13.2. The first-order chi connectivity index (χ1) is 54.4. The highest BCUT2D eigenvalue weighted by atomic mass is 79.9. The van der Waals surface area contributed by atoms with E-state index < -0.39 is 66.0 Å². The highest BCUT2D eigenvalue weighted by molar-refractivity contribution is 9.10. The number of benzene rings is 8. The van der Waals surface area contributed by atoms with E-state index in [2.05, 4.69) is 63.2 Å². The van der Waals surface area contributed by atoms with Crippen LogP contribution in [0.2, 0.25) is 0 Å². The average molecular weight is 1640 g/mol. The number of rotatable bonds is 1. The number of ether oxygens (including phenoxy) is 9. The monoisotopic (exact) mass is 1630 g/mol. The van der Waals surface area contributed by atoms with Crippen molar-refractivity contribution in [3.8, 4) is 46.0 Å². The molecule has 36 heteroatoms. The van der Waals surface area contributed by atoms with Gasteiger partial charge in [-0.1, -0.05) is 70.5 Å². The third kappa shape index (κ3) is 23.5. The molecule has 0 saturated heterocycles. The number of hydrogen-bond acceptors (Lipinski definition) is 26. The lowest BCUT2D eigenvalue weighted by atomic mass is 10.2. The molecule has 8 heterocycles. The number of nitrogens with two attached hydrogens (primary N) is 8. The van der Waals surface area contributed by atoms with Crippen LogP contribution < -0.4 is 126 Å². The summed E-state index contributed by atoms with van der Waals surface area (Å²) >= 11 is 3.31. The second kappa shape index (κ2) is 40.1. The van der Waals surface area contributed by atoms with Crippen LogP contribution in [0.4, 0.5) is 49.9 Å². The quantitative estimate of drug-likeness (QED) is 0.0992. The molecule has 8 aromatic rings. The summed E-state index contributed by atoms with van der Waals surface area (Å²) in [5.74, 6) is 1.88. The van der Waals surface area contributed by atoms with Crippen LogP contribution in [0.3, 0.4) is 0 Å². The fraction of sp³-hybridized carbons (Fsp3) is 0.269. The third-order valence-electron chi connectivity index (χ3n) is 17.0. The lowest BCUT2D eigenvalue weighted by Crippen LogP contribution is -2.38. The summed E-state index contributed by atoms with van der Waals surface area (Å²) in [7, 11) is 1.29. The third-order valence-corrected chi connectivity index (χ3v) is 17.5. The smallest absolute Gasteiger partial charge is 0.337 e. The number of hydrogen-bond donors (Lipinski definition) is 16. The Labute approximate surface area is 661 Å². The zero-order valence-electron chi connectivity index (χ0n) is 62.4. The minimum absolute atomic E-state index is 0.0578. The van der Waals surface area contributed by atoms with E-state index in [0.29, 0.717) is 85.7 Å². The van der Waals surface area contributed by atoms with Gasteiger partial charge in [0.2, 0.25) is 47.3 Å². The highest BCUT2D eigenvalue weighted by Gasteiger charge is 2.29. The van der Waals surface area contributed by atoms with E-state index in [-0.39, 0.29) is 99.9 Å². The molecule has 34 nitrogen and oxygen atoms in total. The van der Waals surface area contributed by atoms with Crippen LogP contribution in [0.25, 0.3) is 0 Å². The van der Waals surface area contributed by atoms with Crippen LogP contribution in [0.15, 0.2) is 156 Å². The van der Waals surface area contributed by atoms with Crippen molar-refractivity contribution in [2.75, 3.05) is 102 Å². The SMILES string of the molecule is COC(=O)c1ccc2c(c1)NC(=O)[C@@H](N)CO2.Cc1ccc2c(c1)NC(=O)[C@@H](N)CO2.Cc1ccc2c(c1)OC[C@H](N)C(=O)N2.Cc1cccc2c1NC(=O)[C@@H](N)CO2.Cc1cccc2c1OC[C@H](N)C(=O)N2.N[C@H]1COc2ccc(Br)cc2NC1=O.N[C@H]1COc2cccc(F)c2NC1=O.N[C@H]1COc2ccccc2NC1=O. The fourth-order valence-corrected chi connectivity index (χ4v) is 10.9. The van der Waals surface area contributed by atoms with Gasteiger partial charge in [0, 0.05) is 4.47 Å². The molecule has 114 heavy (non-hydrogen) atoms. The molecule has 16 rings (SSSR count). The lowest BCUT2D eigenvalue weighted by molar-refractivity contribution is -0.118. The molecule has 0 unspecified atom stereocenters. The Balaban J connectivity index is 0.000000149. The lowest BCUT2D eigenvalue weighted by Gasteiger charge is -2.08. The van der Waals surface area contributed by atoms with Crippen LogP contribution in [-0.4, -0.2) is 162 Å². The van der Waals surface area contributed by atoms with Crippen LogP contribution >= 0.6 is 15.9 Å². The van der Waals surface area contributed by atoms with Gasteiger partial charge in [-0.25, -0.2) is 9.18 Å². The van der Waals surface area contributed by atoms with Gasteiger partial charge >= 0.3 is 5.97 Å². The number of aryl methyl sites for hydroxylation is 4. The summed E-state index contributed by atoms with van der Waals surface area (Å²) < 4.78 is 61.5. The Morgan fingerprint density at radius 1 is 0.342 bits per heavy atom.